The molecule has 0 bridgehead atoms. The summed E-state index contributed by atoms with van der Waals surface area (Å²) >= 11 is 0. The molecular weight excluding hydrogens is 870 g/mol. The van der Waals surface area contributed by atoms with E-state index in [0.717, 1.165) is 68.1 Å². The fraction of sp³-hybridized carbons (Fsp3) is 0.125. The predicted molar refractivity (Wildman–Crippen MR) is 224 cm³/mol. The normalized spacial score (nSPS) is 12.6. The fourth-order valence-electron chi connectivity index (χ4n) is 8.38. The molecule has 8 aromatic rings. The summed E-state index contributed by atoms with van der Waals surface area (Å²) in [5.41, 5.74) is 18.3. The average molecular weight is 908 g/mol. The van der Waals surface area contributed by atoms with Crippen LogP contribution in [0.1, 0.15) is 34.7 Å². The van der Waals surface area contributed by atoms with Crippen LogP contribution in [0.15, 0.2) is 126 Å². The van der Waals surface area contributed by atoms with Crippen molar-refractivity contribution in [1.82, 2.24) is 9.97 Å². The molecule has 6 aromatic carbocycles. The summed E-state index contributed by atoms with van der Waals surface area (Å²) in [7, 11) is 0. The number of para-hydroxylation sites is 2. The van der Waals surface area contributed by atoms with Gasteiger partial charge in [0, 0.05) is 40.8 Å². The predicted octanol–water partition coefficient (Wildman–Crippen LogP) is 10.2. The second kappa shape index (κ2) is 14.0. The maximum absolute atomic E-state index is 6.39. The van der Waals surface area contributed by atoms with Crippen molar-refractivity contribution in [2.75, 3.05) is 9.80 Å². The van der Waals surface area contributed by atoms with Crippen LogP contribution in [-0.2, 0) is 27.5 Å². The second-order valence-corrected chi connectivity index (χ2v) is 14.6. The molecule has 0 radical (unpaired) electrons. The van der Waals surface area contributed by atoms with E-state index in [9.17, 15) is 0 Å². The van der Waals surface area contributed by atoms with E-state index in [4.69, 9.17) is 14.1 Å². The van der Waals surface area contributed by atoms with E-state index in [1.54, 1.807) is 6.20 Å². The summed E-state index contributed by atoms with van der Waals surface area (Å²) < 4.78 is 12.7. The number of anilines is 6. The van der Waals surface area contributed by atoms with E-state index < -0.39 is 0 Å². The average Bonchev–Trinajstić information content (AvgIpc) is 3.63. The molecule has 0 unspecified atom stereocenters. The number of pyridine rings is 1. The molecule has 56 heavy (non-hydrogen) atoms. The van der Waals surface area contributed by atoms with Gasteiger partial charge in [0.1, 0.15) is 11.5 Å². The minimum absolute atomic E-state index is 0. The number of hydrogen-bond acceptors (Lipinski definition) is 6. The SMILES string of the molecule is CCc1cc2c3c(c1)N(c1ccc(C)cc1C)c1ccc(-c4nc5ccccc5o4)[c-]c1B3c1[c-]c(Oc3ccccn3)ccc1N2c1ccc(C)cc1C.[Pt+2]. The number of aryl methyl sites for hydroxylation is 5. The van der Waals surface area contributed by atoms with Crippen molar-refractivity contribution in [2.24, 2.45) is 0 Å². The Hall–Kier alpha value is -5.91. The maximum atomic E-state index is 6.39. The molecule has 0 saturated carbocycles. The third-order valence-corrected chi connectivity index (χ3v) is 10.9. The number of oxazole rings is 1. The van der Waals surface area contributed by atoms with Crippen molar-refractivity contribution in [2.45, 2.75) is 41.0 Å². The molecule has 0 aliphatic carbocycles. The number of ether oxygens (including phenoxy) is 1. The molecule has 10 rings (SSSR count). The van der Waals surface area contributed by atoms with Gasteiger partial charge in [-0.2, -0.15) is 5.46 Å². The van der Waals surface area contributed by atoms with Gasteiger partial charge in [-0.25, -0.2) is 4.98 Å². The summed E-state index contributed by atoms with van der Waals surface area (Å²) in [6, 6.07) is 47.9. The summed E-state index contributed by atoms with van der Waals surface area (Å²) in [6.07, 6.45) is 2.63. The molecule has 0 saturated heterocycles. The minimum atomic E-state index is -0.235. The van der Waals surface area contributed by atoms with Gasteiger partial charge in [0.25, 0.3) is 0 Å². The molecule has 0 N–H and O–H groups in total. The van der Waals surface area contributed by atoms with Gasteiger partial charge in [0.2, 0.25) is 12.6 Å². The van der Waals surface area contributed by atoms with Gasteiger partial charge in [-0.1, -0.05) is 71.8 Å². The molecule has 2 aliphatic rings. The van der Waals surface area contributed by atoms with Crippen LogP contribution in [0.4, 0.5) is 34.1 Å². The van der Waals surface area contributed by atoms with Crippen LogP contribution in [0, 0.1) is 39.8 Å². The summed E-state index contributed by atoms with van der Waals surface area (Å²) in [5.74, 6) is 1.66. The maximum Gasteiger partial charge on any atom is 2.00 e. The van der Waals surface area contributed by atoms with Crippen LogP contribution in [0.2, 0.25) is 0 Å². The summed E-state index contributed by atoms with van der Waals surface area (Å²) in [5, 5.41) is 0. The van der Waals surface area contributed by atoms with Crippen LogP contribution < -0.4 is 30.9 Å². The third-order valence-electron chi connectivity index (χ3n) is 10.9. The molecule has 0 spiro atoms. The van der Waals surface area contributed by atoms with E-state index in [0.29, 0.717) is 17.5 Å². The Labute approximate surface area is 342 Å². The monoisotopic (exact) mass is 907 g/mol. The molecule has 2 aliphatic heterocycles. The molecule has 4 heterocycles. The number of fused-ring (bicyclic) bond motifs is 5. The quantitative estimate of drug-likeness (QED) is 0.122. The van der Waals surface area contributed by atoms with Crippen molar-refractivity contribution in [3.05, 3.63) is 161 Å². The van der Waals surface area contributed by atoms with Crippen molar-refractivity contribution >= 4 is 68.3 Å². The fourth-order valence-corrected chi connectivity index (χ4v) is 8.38. The van der Waals surface area contributed by atoms with Gasteiger partial charge in [-0.15, -0.1) is 41.9 Å². The smallest absolute Gasteiger partial charge is 0.481 e. The first-order chi connectivity index (χ1) is 26.8. The van der Waals surface area contributed by atoms with Crippen molar-refractivity contribution < 1.29 is 30.2 Å². The molecule has 0 amide bonds. The van der Waals surface area contributed by atoms with Crippen LogP contribution >= 0.6 is 0 Å². The molecule has 8 heteroatoms. The first kappa shape index (κ1) is 35.8. The Bertz CT molecular complexity index is 2770. The number of aromatic nitrogens is 2. The number of hydrogen-bond donors (Lipinski definition) is 0. The number of rotatable bonds is 6. The van der Waals surface area contributed by atoms with Gasteiger partial charge in [-0.05, 0) is 104 Å². The largest absolute Gasteiger partial charge is 2.00 e. The molecule has 0 atom stereocenters. The summed E-state index contributed by atoms with van der Waals surface area (Å²) in [4.78, 5) is 14.2. The van der Waals surface area contributed by atoms with Gasteiger partial charge >= 0.3 is 21.1 Å². The van der Waals surface area contributed by atoms with E-state index in [1.807, 2.05) is 48.5 Å². The molecule has 2 aromatic heterocycles. The second-order valence-electron chi connectivity index (χ2n) is 14.6. The zero-order valence-electron chi connectivity index (χ0n) is 31.8. The minimum Gasteiger partial charge on any atom is -0.481 e. The standard InChI is InChI=1S/C48H37BN4O2.Pt/c1-6-33-25-43-47-44(26-33)53(40-19-15-30(3)24-32(40)5)42-21-17-35(54-46-13-9-10-22-50-46)28-37(42)49(47)36-27-34(48-51-38-11-7-8-12-45(38)55-48)16-20-41(36)52(43)39-18-14-29(2)23-31(39)4;/h7-26H,6H2,1-5H3;/q-2;+2. The van der Waals surface area contributed by atoms with E-state index >= 15 is 0 Å². The van der Waals surface area contributed by atoms with Gasteiger partial charge in [-0.3, -0.25) is 4.98 Å². The third kappa shape index (κ3) is 5.84. The number of nitrogens with zero attached hydrogens (tertiary/aromatic N) is 4. The van der Waals surface area contributed by atoms with Crippen molar-refractivity contribution in [1.29, 1.82) is 0 Å². The summed E-state index contributed by atoms with van der Waals surface area (Å²) in [6.45, 7) is 10.7. The first-order valence-electron chi connectivity index (χ1n) is 18.8. The van der Waals surface area contributed by atoms with Crippen molar-refractivity contribution in [3.8, 4) is 23.1 Å². The van der Waals surface area contributed by atoms with Crippen LogP contribution in [-0.4, -0.2) is 16.7 Å². The Morgan fingerprint density at radius 1 is 0.661 bits per heavy atom. The molecular formula is C48H37BN4O2Pt. The molecule has 0 fully saturated rings. The van der Waals surface area contributed by atoms with Crippen LogP contribution in [0.3, 0.4) is 0 Å². The zero-order chi connectivity index (χ0) is 37.4. The topological polar surface area (TPSA) is 54.6 Å². The van der Waals surface area contributed by atoms with Gasteiger partial charge < -0.3 is 19.0 Å². The zero-order valence-corrected chi connectivity index (χ0v) is 34.0. The molecule has 6 nitrogen and oxygen atoms in total. The number of benzene rings is 6. The van der Waals surface area contributed by atoms with E-state index in [1.165, 1.54) is 33.3 Å². The Kier molecular flexibility index (Phi) is 8.94. The molecule has 274 valence electrons. The Morgan fingerprint density at radius 3 is 1.91 bits per heavy atom. The Morgan fingerprint density at radius 2 is 1.29 bits per heavy atom. The van der Waals surface area contributed by atoms with Gasteiger partial charge in [0.15, 0.2) is 0 Å². The Balaban J connectivity index is 0.00000410. The van der Waals surface area contributed by atoms with E-state index in [-0.39, 0.29) is 27.8 Å². The first-order valence-corrected chi connectivity index (χ1v) is 18.8. The van der Waals surface area contributed by atoms with Gasteiger partial charge in [0.05, 0.1) is 5.52 Å². The van der Waals surface area contributed by atoms with E-state index in [2.05, 4.69) is 128 Å². The van der Waals surface area contributed by atoms with Crippen molar-refractivity contribution in [3.63, 3.8) is 0 Å². The van der Waals surface area contributed by atoms with Crippen LogP contribution in [0.5, 0.6) is 11.6 Å². The van der Waals surface area contributed by atoms with Crippen LogP contribution in [0.25, 0.3) is 22.6 Å².